The highest BCUT2D eigenvalue weighted by Gasteiger charge is 2.25. The van der Waals surface area contributed by atoms with Gasteiger partial charge in [-0.3, -0.25) is 0 Å². The summed E-state index contributed by atoms with van der Waals surface area (Å²) in [5.74, 6) is 1.23. The van der Waals surface area contributed by atoms with Crippen LogP contribution in [0, 0.1) is 6.92 Å². The van der Waals surface area contributed by atoms with Gasteiger partial charge in [-0.15, -0.1) is 0 Å². The van der Waals surface area contributed by atoms with Gasteiger partial charge in [0.05, 0.1) is 13.2 Å². The molecule has 1 aromatic rings. The summed E-state index contributed by atoms with van der Waals surface area (Å²) in [6.07, 6.45) is 3.81. The van der Waals surface area contributed by atoms with Crippen molar-refractivity contribution in [2.75, 3.05) is 20.3 Å². The maximum absolute atomic E-state index is 5.95. The number of benzene rings is 1. The fourth-order valence-corrected chi connectivity index (χ4v) is 2.72. The first-order valence-corrected chi connectivity index (χ1v) is 6.72. The lowest BCUT2D eigenvalue weighted by molar-refractivity contribution is 0.000566. The Morgan fingerprint density at radius 3 is 2.83 bits per heavy atom. The molecule has 2 N–H and O–H groups in total. The minimum absolute atomic E-state index is 0.275. The zero-order chi connectivity index (χ0) is 13.0. The third-order valence-corrected chi connectivity index (χ3v) is 3.76. The summed E-state index contributed by atoms with van der Waals surface area (Å²) in [6.45, 7) is 3.57. The topological polar surface area (TPSA) is 44.5 Å². The molecule has 100 valence electrons. The number of rotatable bonds is 4. The van der Waals surface area contributed by atoms with Crippen LogP contribution in [-0.2, 0) is 4.74 Å². The van der Waals surface area contributed by atoms with Crippen molar-refractivity contribution in [3.05, 3.63) is 29.3 Å². The average molecular weight is 249 g/mol. The van der Waals surface area contributed by atoms with Gasteiger partial charge in [0.1, 0.15) is 5.75 Å². The van der Waals surface area contributed by atoms with Crippen LogP contribution < -0.4 is 10.5 Å². The first kappa shape index (κ1) is 13.4. The van der Waals surface area contributed by atoms with E-state index in [2.05, 4.69) is 19.1 Å². The Bertz CT molecular complexity index is 386. The second kappa shape index (κ2) is 6.21. The molecule has 2 unspecified atom stereocenters. The third kappa shape index (κ3) is 2.85. The Labute approximate surface area is 109 Å². The molecular weight excluding hydrogens is 226 g/mol. The van der Waals surface area contributed by atoms with Crippen LogP contribution in [0.3, 0.4) is 0 Å². The van der Waals surface area contributed by atoms with Gasteiger partial charge in [0, 0.05) is 19.1 Å². The number of hydrogen-bond donors (Lipinski definition) is 1. The van der Waals surface area contributed by atoms with Gasteiger partial charge in [-0.2, -0.15) is 0 Å². The quantitative estimate of drug-likeness (QED) is 0.892. The molecular formula is C15H23NO2. The van der Waals surface area contributed by atoms with E-state index in [0.717, 1.165) is 24.3 Å². The highest BCUT2D eigenvalue weighted by molar-refractivity contribution is 5.38. The highest BCUT2D eigenvalue weighted by Crippen LogP contribution is 2.30. The maximum Gasteiger partial charge on any atom is 0.121 e. The molecule has 3 heteroatoms. The van der Waals surface area contributed by atoms with Crippen molar-refractivity contribution >= 4 is 0 Å². The van der Waals surface area contributed by atoms with Gasteiger partial charge in [-0.05, 0) is 43.4 Å². The van der Waals surface area contributed by atoms with Crippen LogP contribution in [0.4, 0.5) is 0 Å². The monoisotopic (exact) mass is 249 g/mol. The predicted molar refractivity (Wildman–Crippen MR) is 73.1 cm³/mol. The molecule has 0 spiro atoms. The molecule has 1 aliphatic heterocycles. The molecule has 2 rings (SSSR count). The third-order valence-electron chi connectivity index (χ3n) is 3.76. The average Bonchev–Trinajstić information content (AvgIpc) is 2.41. The van der Waals surface area contributed by atoms with Crippen molar-refractivity contribution < 1.29 is 9.47 Å². The summed E-state index contributed by atoms with van der Waals surface area (Å²) in [6, 6.07) is 6.31. The van der Waals surface area contributed by atoms with Crippen molar-refractivity contribution in [3.63, 3.8) is 0 Å². The second-order valence-electron chi connectivity index (χ2n) is 4.98. The van der Waals surface area contributed by atoms with E-state index in [9.17, 15) is 0 Å². The minimum atomic E-state index is 0.275. The van der Waals surface area contributed by atoms with Crippen molar-refractivity contribution in [1.82, 2.24) is 0 Å². The minimum Gasteiger partial charge on any atom is -0.496 e. The van der Waals surface area contributed by atoms with Gasteiger partial charge in [-0.25, -0.2) is 0 Å². The molecule has 1 saturated heterocycles. The molecule has 1 aromatic carbocycles. The number of ether oxygens (including phenoxy) is 2. The molecule has 1 fully saturated rings. The molecule has 0 radical (unpaired) electrons. The van der Waals surface area contributed by atoms with E-state index < -0.39 is 0 Å². The Balaban J connectivity index is 2.18. The van der Waals surface area contributed by atoms with Gasteiger partial charge in [0.2, 0.25) is 0 Å². The summed E-state index contributed by atoms with van der Waals surface area (Å²) in [5, 5.41) is 0. The Morgan fingerprint density at radius 1 is 1.44 bits per heavy atom. The number of methoxy groups -OCH3 is 1. The molecule has 0 amide bonds. The van der Waals surface area contributed by atoms with Crippen LogP contribution in [0.5, 0.6) is 5.75 Å². The van der Waals surface area contributed by atoms with Crippen LogP contribution in [0.15, 0.2) is 18.2 Å². The van der Waals surface area contributed by atoms with Gasteiger partial charge < -0.3 is 15.2 Å². The number of aryl methyl sites for hydroxylation is 1. The van der Waals surface area contributed by atoms with Crippen LogP contribution in [-0.4, -0.2) is 26.4 Å². The highest BCUT2D eigenvalue weighted by atomic mass is 16.5. The lowest BCUT2D eigenvalue weighted by atomic mass is 9.88. The summed E-state index contributed by atoms with van der Waals surface area (Å²) >= 11 is 0. The summed E-state index contributed by atoms with van der Waals surface area (Å²) in [4.78, 5) is 0. The summed E-state index contributed by atoms with van der Waals surface area (Å²) < 4.78 is 11.2. The SMILES string of the molecule is COc1ccc(C(CN)C2CCCCO2)cc1C. The lowest BCUT2D eigenvalue weighted by Gasteiger charge is -2.30. The van der Waals surface area contributed by atoms with Crippen molar-refractivity contribution in [2.45, 2.75) is 38.2 Å². The van der Waals surface area contributed by atoms with Crippen LogP contribution in [0.1, 0.15) is 36.3 Å². The normalized spacial score (nSPS) is 21.6. The Morgan fingerprint density at radius 2 is 2.28 bits per heavy atom. The van der Waals surface area contributed by atoms with E-state index in [1.54, 1.807) is 7.11 Å². The van der Waals surface area contributed by atoms with Gasteiger partial charge in [0.25, 0.3) is 0 Å². The number of hydrogen-bond acceptors (Lipinski definition) is 3. The van der Waals surface area contributed by atoms with E-state index in [4.69, 9.17) is 15.2 Å². The zero-order valence-corrected chi connectivity index (χ0v) is 11.3. The van der Waals surface area contributed by atoms with Gasteiger partial charge in [-0.1, -0.05) is 12.1 Å². The van der Waals surface area contributed by atoms with E-state index in [1.165, 1.54) is 18.4 Å². The van der Waals surface area contributed by atoms with Crippen LogP contribution in [0.25, 0.3) is 0 Å². The van der Waals surface area contributed by atoms with E-state index in [0.29, 0.717) is 12.5 Å². The van der Waals surface area contributed by atoms with Crippen molar-refractivity contribution in [2.24, 2.45) is 5.73 Å². The van der Waals surface area contributed by atoms with E-state index in [1.807, 2.05) is 6.07 Å². The molecule has 0 aromatic heterocycles. The second-order valence-corrected chi connectivity index (χ2v) is 4.98. The molecule has 18 heavy (non-hydrogen) atoms. The smallest absolute Gasteiger partial charge is 0.121 e. The first-order valence-electron chi connectivity index (χ1n) is 6.72. The largest absolute Gasteiger partial charge is 0.496 e. The lowest BCUT2D eigenvalue weighted by Crippen LogP contribution is -2.31. The summed E-state index contributed by atoms with van der Waals surface area (Å²) in [7, 11) is 1.70. The van der Waals surface area contributed by atoms with E-state index in [-0.39, 0.29) is 6.10 Å². The number of nitrogens with two attached hydrogens (primary N) is 1. The molecule has 1 aliphatic rings. The van der Waals surface area contributed by atoms with Gasteiger partial charge in [0.15, 0.2) is 0 Å². The molecule has 2 atom stereocenters. The standard InChI is InChI=1S/C15H23NO2/c1-11-9-12(6-7-14(11)17-2)13(10-16)15-5-3-4-8-18-15/h6-7,9,13,15H,3-5,8,10,16H2,1-2H3. The fourth-order valence-electron chi connectivity index (χ4n) is 2.72. The van der Waals surface area contributed by atoms with Crippen LogP contribution >= 0.6 is 0 Å². The van der Waals surface area contributed by atoms with Crippen molar-refractivity contribution in [1.29, 1.82) is 0 Å². The Kier molecular flexibility index (Phi) is 4.61. The summed E-state index contributed by atoms with van der Waals surface area (Å²) in [5.41, 5.74) is 8.37. The predicted octanol–water partition coefficient (Wildman–Crippen LogP) is 2.62. The van der Waals surface area contributed by atoms with E-state index >= 15 is 0 Å². The van der Waals surface area contributed by atoms with Gasteiger partial charge >= 0.3 is 0 Å². The molecule has 1 heterocycles. The Hall–Kier alpha value is -1.06. The molecule has 0 aliphatic carbocycles. The molecule has 0 bridgehead atoms. The first-order chi connectivity index (χ1) is 8.76. The molecule has 0 saturated carbocycles. The van der Waals surface area contributed by atoms with Crippen LogP contribution in [0.2, 0.25) is 0 Å². The van der Waals surface area contributed by atoms with Crippen molar-refractivity contribution in [3.8, 4) is 5.75 Å². The maximum atomic E-state index is 5.95. The zero-order valence-electron chi connectivity index (χ0n) is 11.3. The molecule has 3 nitrogen and oxygen atoms in total. The fraction of sp³-hybridized carbons (Fsp3) is 0.600.